The topological polar surface area (TPSA) is 18.5 Å². The summed E-state index contributed by atoms with van der Waals surface area (Å²) in [7, 11) is 0. The number of allylic oxidation sites excluding steroid dienone is 2. The van der Waals surface area contributed by atoms with Gasteiger partial charge in [0, 0.05) is 17.0 Å². The number of ether oxygens (including phenoxy) is 2. The molecule has 4 rings (SSSR count). The summed E-state index contributed by atoms with van der Waals surface area (Å²) in [4.78, 5) is 0. The van der Waals surface area contributed by atoms with Crippen LogP contribution in [0.2, 0.25) is 0 Å². The van der Waals surface area contributed by atoms with Gasteiger partial charge in [-0.1, -0.05) is 81.2 Å². The van der Waals surface area contributed by atoms with E-state index in [4.69, 9.17) is 9.47 Å². The maximum Gasteiger partial charge on any atom is 0.201 e. The van der Waals surface area contributed by atoms with E-state index in [9.17, 15) is 8.78 Å². The van der Waals surface area contributed by atoms with Crippen molar-refractivity contribution in [2.24, 2.45) is 0 Å². The fourth-order valence-corrected chi connectivity index (χ4v) is 5.35. The van der Waals surface area contributed by atoms with Crippen LogP contribution in [0.4, 0.5) is 13.2 Å². The maximum absolute atomic E-state index is 15.2. The van der Waals surface area contributed by atoms with Crippen LogP contribution < -0.4 is 4.74 Å². The van der Waals surface area contributed by atoms with E-state index in [2.05, 4.69) is 19.1 Å². The molecule has 0 amide bonds. The average molecular weight is 551 g/mol. The van der Waals surface area contributed by atoms with Crippen LogP contribution in [0.25, 0.3) is 22.3 Å². The molecular weight excluding hydrogens is 509 g/mol. The average Bonchev–Trinajstić information content (AvgIpc) is 2.98. The molecule has 1 saturated heterocycles. The van der Waals surface area contributed by atoms with Crippen molar-refractivity contribution in [2.75, 3.05) is 13.2 Å². The highest BCUT2D eigenvalue weighted by atomic mass is 19.2. The van der Waals surface area contributed by atoms with Crippen LogP contribution >= 0.6 is 0 Å². The number of rotatable bonds is 13. The maximum atomic E-state index is 15.2. The SMILES string of the molecule is CC=CCCC1CCC(c2ccc(-c3ccc(-c4ccc(OCCCCCCC)c(F)c4F)cc3)c(F)c2)CO1. The molecule has 2 atom stereocenters. The Morgan fingerprint density at radius 3 is 2.25 bits per heavy atom. The van der Waals surface area contributed by atoms with Crippen LogP contribution in [-0.2, 0) is 4.74 Å². The van der Waals surface area contributed by atoms with E-state index in [1.165, 1.54) is 18.6 Å². The fraction of sp³-hybridized carbons (Fsp3) is 0.429. The van der Waals surface area contributed by atoms with Gasteiger partial charge in [0.05, 0.1) is 19.3 Å². The van der Waals surface area contributed by atoms with E-state index in [0.717, 1.165) is 56.9 Å². The minimum Gasteiger partial charge on any atom is -0.490 e. The van der Waals surface area contributed by atoms with Gasteiger partial charge < -0.3 is 9.47 Å². The third-order valence-electron chi connectivity index (χ3n) is 7.79. The molecule has 5 heteroatoms. The Hall–Kier alpha value is -3.05. The Bertz CT molecular complexity index is 1240. The standard InChI is InChI=1S/C35H41F3O2/c1-3-5-7-8-10-22-39-33-21-20-31(34(37)35(33)38)26-14-12-25(13-15-26)30-19-17-27(23-32(30)36)28-16-18-29(40-24-28)11-9-6-4-2/h4,6,12-15,17,19-21,23,28-29H,3,5,7-11,16,18,22,24H2,1-2H3. The smallest absolute Gasteiger partial charge is 0.201 e. The summed E-state index contributed by atoms with van der Waals surface area (Å²) in [6, 6.07) is 15.3. The lowest BCUT2D eigenvalue weighted by atomic mass is 9.89. The predicted molar refractivity (Wildman–Crippen MR) is 157 cm³/mol. The molecule has 0 spiro atoms. The summed E-state index contributed by atoms with van der Waals surface area (Å²) in [5.41, 5.74) is 2.78. The molecule has 0 aromatic heterocycles. The molecule has 0 radical (unpaired) electrons. The van der Waals surface area contributed by atoms with Crippen molar-refractivity contribution >= 4 is 0 Å². The Morgan fingerprint density at radius 2 is 1.57 bits per heavy atom. The molecule has 0 bridgehead atoms. The van der Waals surface area contributed by atoms with Gasteiger partial charge in [-0.05, 0) is 73.9 Å². The third-order valence-corrected chi connectivity index (χ3v) is 7.79. The van der Waals surface area contributed by atoms with Crippen molar-refractivity contribution < 1.29 is 22.6 Å². The predicted octanol–water partition coefficient (Wildman–Crippen LogP) is 10.4. The lowest BCUT2D eigenvalue weighted by Crippen LogP contribution is -2.24. The van der Waals surface area contributed by atoms with E-state index in [-0.39, 0.29) is 29.2 Å². The number of unbranched alkanes of at least 4 members (excludes halogenated alkanes) is 4. The van der Waals surface area contributed by atoms with Gasteiger partial charge in [-0.3, -0.25) is 0 Å². The van der Waals surface area contributed by atoms with Gasteiger partial charge in [0.25, 0.3) is 0 Å². The highest BCUT2D eigenvalue weighted by Gasteiger charge is 2.23. The Labute approximate surface area is 237 Å². The first-order chi connectivity index (χ1) is 19.5. The summed E-state index contributed by atoms with van der Waals surface area (Å²) in [5.74, 6) is -2.09. The van der Waals surface area contributed by atoms with Crippen molar-refractivity contribution in [1.29, 1.82) is 0 Å². The summed E-state index contributed by atoms with van der Waals surface area (Å²) in [6.45, 7) is 5.15. The van der Waals surface area contributed by atoms with Gasteiger partial charge in [0.2, 0.25) is 5.82 Å². The number of hydrogen-bond donors (Lipinski definition) is 0. The van der Waals surface area contributed by atoms with Crippen LogP contribution in [-0.4, -0.2) is 19.3 Å². The van der Waals surface area contributed by atoms with Gasteiger partial charge in [0.15, 0.2) is 11.6 Å². The largest absolute Gasteiger partial charge is 0.490 e. The number of halogens is 3. The summed E-state index contributed by atoms with van der Waals surface area (Å²) < 4.78 is 56.3. The molecule has 40 heavy (non-hydrogen) atoms. The van der Waals surface area contributed by atoms with Crippen molar-refractivity contribution in [3.05, 3.63) is 89.8 Å². The summed E-state index contributed by atoms with van der Waals surface area (Å²) in [5, 5.41) is 0. The Kier molecular flexibility index (Phi) is 11.3. The van der Waals surface area contributed by atoms with E-state index in [1.807, 2.05) is 13.0 Å². The zero-order chi connectivity index (χ0) is 28.3. The fourth-order valence-electron chi connectivity index (χ4n) is 5.35. The molecule has 0 saturated carbocycles. The zero-order valence-corrected chi connectivity index (χ0v) is 23.7. The van der Waals surface area contributed by atoms with Crippen LogP contribution in [0.5, 0.6) is 5.75 Å². The second-order valence-electron chi connectivity index (χ2n) is 10.7. The number of benzene rings is 3. The first-order valence-electron chi connectivity index (χ1n) is 14.8. The molecule has 3 aromatic rings. The van der Waals surface area contributed by atoms with Crippen LogP contribution in [0.3, 0.4) is 0 Å². The van der Waals surface area contributed by atoms with Gasteiger partial charge in [0.1, 0.15) is 5.82 Å². The number of hydrogen-bond acceptors (Lipinski definition) is 2. The molecule has 2 unspecified atom stereocenters. The Morgan fingerprint density at radius 1 is 0.850 bits per heavy atom. The molecule has 3 aromatic carbocycles. The molecule has 2 nitrogen and oxygen atoms in total. The van der Waals surface area contributed by atoms with Crippen LogP contribution in [0.1, 0.15) is 83.1 Å². The molecular formula is C35H41F3O2. The van der Waals surface area contributed by atoms with Crippen LogP contribution in [0.15, 0.2) is 66.7 Å². The molecule has 1 aliphatic rings. The van der Waals surface area contributed by atoms with Crippen molar-refractivity contribution in [3.63, 3.8) is 0 Å². The van der Waals surface area contributed by atoms with Gasteiger partial charge in [-0.2, -0.15) is 4.39 Å². The van der Waals surface area contributed by atoms with E-state index >= 15 is 4.39 Å². The van der Waals surface area contributed by atoms with Crippen molar-refractivity contribution in [2.45, 2.75) is 83.7 Å². The van der Waals surface area contributed by atoms with Gasteiger partial charge in [-0.15, -0.1) is 0 Å². The molecule has 1 heterocycles. The lowest BCUT2D eigenvalue weighted by Gasteiger charge is -2.29. The first-order valence-corrected chi connectivity index (χ1v) is 14.8. The van der Waals surface area contributed by atoms with E-state index < -0.39 is 11.6 Å². The summed E-state index contributed by atoms with van der Waals surface area (Å²) in [6.07, 6.45) is 13.8. The zero-order valence-electron chi connectivity index (χ0n) is 23.7. The van der Waals surface area contributed by atoms with Gasteiger partial charge in [-0.25, -0.2) is 8.78 Å². The monoisotopic (exact) mass is 550 g/mol. The van der Waals surface area contributed by atoms with Crippen molar-refractivity contribution in [1.82, 2.24) is 0 Å². The summed E-state index contributed by atoms with van der Waals surface area (Å²) >= 11 is 0. The molecule has 1 aliphatic heterocycles. The first kappa shape index (κ1) is 29.9. The lowest BCUT2D eigenvalue weighted by molar-refractivity contribution is -0.000225. The highest BCUT2D eigenvalue weighted by molar-refractivity contribution is 5.71. The molecule has 0 N–H and O–H groups in total. The third kappa shape index (κ3) is 7.78. The van der Waals surface area contributed by atoms with Gasteiger partial charge >= 0.3 is 0 Å². The normalized spacial score (nSPS) is 17.4. The molecule has 1 fully saturated rings. The second kappa shape index (κ2) is 15.1. The molecule has 214 valence electrons. The van der Waals surface area contributed by atoms with E-state index in [1.54, 1.807) is 36.4 Å². The minimum absolute atomic E-state index is 0.0666. The van der Waals surface area contributed by atoms with Crippen LogP contribution in [0, 0.1) is 17.5 Å². The van der Waals surface area contributed by atoms with Crippen molar-refractivity contribution in [3.8, 4) is 28.0 Å². The van der Waals surface area contributed by atoms with E-state index in [0.29, 0.717) is 29.9 Å². The second-order valence-corrected chi connectivity index (χ2v) is 10.7. The highest BCUT2D eigenvalue weighted by Crippen LogP contribution is 2.35. The Balaban J connectivity index is 1.38. The minimum atomic E-state index is -0.979. The molecule has 0 aliphatic carbocycles. The quantitative estimate of drug-likeness (QED) is 0.156.